The first kappa shape index (κ1) is 26.8. The molecule has 0 unspecified atom stereocenters. The number of hydrogen-bond donors (Lipinski definition) is 3. The number of hydrogen-bond acceptors (Lipinski definition) is 10. The number of halogens is 1. The van der Waals surface area contributed by atoms with Gasteiger partial charge in [-0.15, -0.1) is 0 Å². The molecule has 0 aliphatic carbocycles. The van der Waals surface area contributed by atoms with Crippen molar-refractivity contribution in [1.29, 1.82) is 0 Å². The first-order chi connectivity index (χ1) is 16.9. The number of para-hydroxylation sites is 1. The number of aromatic nitrogens is 3. The number of carbonyl (C=O) groups is 1. The Morgan fingerprint density at radius 3 is 2.57 bits per heavy atom. The number of benzene rings is 1. The summed E-state index contributed by atoms with van der Waals surface area (Å²) in [4.78, 5) is 29.1. The van der Waals surface area contributed by atoms with Gasteiger partial charge in [0.15, 0.2) is 11.4 Å². The largest absolute Gasteiger partial charge is 0.396 e. The summed E-state index contributed by atoms with van der Waals surface area (Å²) in [6, 6.07) is 7.76. The van der Waals surface area contributed by atoms with E-state index in [0.29, 0.717) is 21.7 Å². The molecule has 188 valence electrons. The van der Waals surface area contributed by atoms with Crippen LogP contribution in [-0.2, 0) is 0 Å². The zero-order valence-corrected chi connectivity index (χ0v) is 21.9. The molecule has 0 bridgehead atoms. The number of nitrogens with zero attached hydrogens (tertiary/aromatic N) is 5. The molecular weight excluding hydrogens is 486 g/mol. The van der Waals surface area contributed by atoms with Crippen LogP contribution in [0.15, 0.2) is 30.5 Å². The quantitative estimate of drug-likeness (QED) is 0.382. The third-order valence-corrected chi connectivity index (χ3v) is 6.65. The minimum absolute atomic E-state index is 0.239. The van der Waals surface area contributed by atoms with Crippen LogP contribution < -0.4 is 15.5 Å². The molecule has 1 aliphatic heterocycles. The summed E-state index contributed by atoms with van der Waals surface area (Å²) in [5.41, 5.74) is 2.19. The van der Waals surface area contributed by atoms with Crippen LogP contribution in [0.5, 0.6) is 0 Å². The molecule has 3 N–H and O–H groups in total. The Bertz CT molecular complexity index is 1080. The number of anilines is 4. The fourth-order valence-electron chi connectivity index (χ4n) is 3.73. The lowest BCUT2D eigenvalue weighted by molar-refractivity contribution is 0.112. The highest BCUT2D eigenvalue weighted by Crippen LogP contribution is 2.25. The van der Waals surface area contributed by atoms with Crippen molar-refractivity contribution < 1.29 is 9.90 Å². The Balaban J connectivity index is 0.000000287. The van der Waals surface area contributed by atoms with Crippen molar-refractivity contribution in [1.82, 2.24) is 19.9 Å². The van der Waals surface area contributed by atoms with E-state index in [1.54, 1.807) is 6.20 Å². The zero-order chi connectivity index (χ0) is 25.2. The number of nitrogens with one attached hydrogen (secondary N) is 2. The summed E-state index contributed by atoms with van der Waals surface area (Å²) in [6.07, 6.45) is 3.15. The summed E-state index contributed by atoms with van der Waals surface area (Å²) in [6.45, 7) is 8.78. The molecular formula is C24H32ClN7O2S. The number of piperazine rings is 1. The van der Waals surface area contributed by atoms with E-state index in [9.17, 15) is 4.79 Å². The Labute approximate surface area is 215 Å². The van der Waals surface area contributed by atoms with Crippen molar-refractivity contribution in [3.8, 4) is 0 Å². The lowest BCUT2D eigenvalue weighted by atomic mass is 10.2. The van der Waals surface area contributed by atoms with Gasteiger partial charge in [-0.05, 0) is 31.9 Å². The van der Waals surface area contributed by atoms with Gasteiger partial charge in [0.25, 0.3) is 0 Å². The Kier molecular flexibility index (Phi) is 10.2. The molecule has 1 aliphatic rings. The number of carbonyl (C=O) groups excluding carboxylic acids is 1. The number of aliphatic hydroxyl groups excluding tert-OH is 1. The highest BCUT2D eigenvalue weighted by molar-refractivity contribution is 7.17. The second-order valence-corrected chi connectivity index (χ2v) is 9.53. The predicted molar refractivity (Wildman–Crippen MR) is 144 cm³/mol. The average Bonchev–Trinajstić information content (AvgIpc) is 3.31. The number of rotatable bonds is 8. The number of aryl methyl sites for hydroxylation is 2. The second kappa shape index (κ2) is 13.3. The van der Waals surface area contributed by atoms with E-state index < -0.39 is 0 Å². The van der Waals surface area contributed by atoms with Crippen LogP contribution in [0.25, 0.3) is 0 Å². The van der Waals surface area contributed by atoms with Gasteiger partial charge in [-0.2, -0.15) is 0 Å². The molecule has 35 heavy (non-hydrogen) atoms. The first-order valence-corrected chi connectivity index (χ1v) is 12.7. The molecule has 0 atom stereocenters. The third kappa shape index (κ3) is 7.86. The molecule has 0 amide bonds. The van der Waals surface area contributed by atoms with Gasteiger partial charge in [0.05, 0.1) is 21.8 Å². The van der Waals surface area contributed by atoms with E-state index >= 15 is 0 Å². The van der Waals surface area contributed by atoms with Gasteiger partial charge in [0.2, 0.25) is 0 Å². The lowest BCUT2D eigenvalue weighted by Crippen LogP contribution is -2.47. The molecule has 4 rings (SSSR count). The van der Waals surface area contributed by atoms with E-state index in [4.69, 9.17) is 16.7 Å². The summed E-state index contributed by atoms with van der Waals surface area (Å²) >= 11 is 7.16. The molecule has 3 heterocycles. The van der Waals surface area contributed by atoms with Crippen molar-refractivity contribution in [3.63, 3.8) is 0 Å². The lowest BCUT2D eigenvalue weighted by Gasteiger charge is -2.35. The summed E-state index contributed by atoms with van der Waals surface area (Å²) in [5, 5.41) is 16.5. The molecule has 1 fully saturated rings. The SMILES string of the molecule is CNc1c(C)cccc1Cl.Cc1nc(Nc2ncc(C=O)s2)cc(N2CCN(CCCO)CC2)n1. The molecule has 0 saturated carbocycles. The van der Waals surface area contributed by atoms with Crippen molar-refractivity contribution >= 4 is 51.7 Å². The predicted octanol–water partition coefficient (Wildman–Crippen LogP) is 3.99. The normalized spacial score (nSPS) is 13.7. The topological polar surface area (TPSA) is 107 Å². The average molecular weight is 518 g/mol. The highest BCUT2D eigenvalue weighted by atomic mass is 35.5. The molecule has 0 radical (unpaired) electrons. The van der Waals surface area contributed by atoms with E-state index in [0.717, 1.165) is 62.0 Å². The van der Waals surface area contributed by atoms with E-state index in [2.05, 4.69) is 35.4 Å². The zero-order valence-electron chi connectivity index (χ0n) is 20.3. The van der Waals surface area contributed by atoms with Crippen LogP contribution in [0.3, 0.4) is 0 Å². The van der Waals surface area contributed by atoms with Crippen molar-refractivity contribution in [2.75, 3.05) is 61.9 Å². The third-order valence-electron chi connectivity index (χ3n) is 5.50. The van der Waals surface area contributed by atoms with Crippen molar-refractivity contribution in [3.05, 3.63) is 51.7 Å². The smallest absolute Gasteiger partial charge is 0.188 e. The fraction of sp³-hybridized carbons (Fsp3) is 0.417. The van der Waals surface area contributed by atoms with Crippen LogP contribution in [0.4, 0.5) is 22.5 Å². The first-order valence-electron chi connectivity index (χ1n) is 11.5. The minimum Gasteiger partial charge on any atom is -0.396 e. The summed E-state index contributed by atoms with van der Waals surface area (Å²) in [5.74, 6) is 2.26. The van der Waals surface area contributed by atoms with E-state index in [1.807, 2.05) is 45.2 Å². The molecule has 9 nitrogen and oxygen atoms in total. The van der Waals surface area contributed by atoms with Crippen molar-refractivity contribution in [2.24, 2.45) is 0 Å². The molecule has 2 aromatic heterocycles. The van der Waals surface area contributed by atoms with Crippen LogP contribution >= 0.6 is 22.9 Å². The van der Waals surface area contributed by atoms with E-state index in [-0.39, 0.29) is 6.61 Å². The number of aldehydes is 1. The summed E-state index contributed by atoms with van der Waals surface area (Å²) < 4.78 is 0. The maximum absolute atomic E-state index is 10.8. The molecule has 11 heteroatoms. The van der Waals surface area contributed by atoms with Crippen LogP contribution in [0, 0.1) is 13.8 Å². The van der Waals surface area contributed by atoms with Crippen molar-refractivity contribution in [2.45, 2.75) is 20.3 Å². The van der Waals surface area contributed by atoms with Gasteiger partial charge < -0.3 is 20.6 Å². The standard InChI is InChI=1S/C16H22N6O2S.C8H10ClN/c1-12-18-14(20-16-17-10-13(11-24)25-16)9-15(19-12)22-6-4-21(5-7-22)3-2-8-23;1-6-4-3-5-7(9)8(6)10-2/h9-11,23H,2-8H2,1H3,(H,17,18,19,20);3-5,10H,1-2H3. The van der Waals surface area contributed by atoms with Crippen LogP contribution in [-0.4, -0.2) is 77.6 Å². The Hall–Kier alpha value is -2.79. The van der Waals surface area contributed by atoms with Gasteiger partial charge in [-0.25, -0.2) is 15.0 Å². The Morgan fingerprint density at radius 1 is 1.20 bits per heavy atom. The highest BCUT2D eigenvalue weighted by Gasteiger charge is 2.19. The minimum atomic E-state index is 0.239. The number of thiazole rings is 1. The van der Waals surface area contributed by atoms with Crippen LogP contribution in [0.2, 0.25) is 5.02 Å². The summed E-state index contributed by atoms with van der Waals surface area (Å²) in [7, 11) is 1.87. The second-order valence-electron chi connectivity index (χ2n) is 8.06. The van der Waals surface area contributed by atoms with Gasteiger partial charge in [-0.1, -0.05) is 35.1 Å². The molecule has 0 spiro atoms. The maximum Gasteiger partial charge on any atom is 0.188 e. The number of aliphatic hydroxyl groups is 1. The van der Waals surface area contributed by atoms with Gasteiger partial charge in [-0.3, -0.25) is 9.69 Å². The molecule has 3 aromatic rings. The van der Waals surface area contributed by atoms with Crippen LogP contribution in [0.1, 0.15) is 27.5 Å². The van der Waals surface area contributed by atoms with Gasteiger partial charge in [0, 0.05) is 52.4 Å². The molecule has 1 aromatic carbocycles. The van der Waals surface area contributed by atoms with E-state index in [1.165, 1.54) is 16.9 Å². The van der Waals surface area contributed by atoms with Gasteiger partial charge >= 0.3 is 0 Å². The van der Waals surface area contributed by atoms with Gasteiger partial charge in [0.1, 0.15) is 17.5 Å². The molecule has 1 saturated heterocycles. The Morgan fingerprint density at radius 2 is 1.97 bits per heavy atom. The monoisotopic (exact) mass is 517 g/mol. The maximum atomic E-state index is 10.8. The fourth-order valence-corrected chi connectivity index (χ4v) is 4.68.